The molecule has 104 valence electrons. The standard InChI is InChI=1S/C13H27N5/c1-12(2,3)18-9-11(15-16-18)8-14-10-13(4,5)17(6)7/h9,14H,8,10H2,1-7H3. The van der Waals surface area contributed by atoms with Crippen LogP contribution in [0.25, 0.3) is 0 Å². The minimum atomic E-state index is -0.00580. The molecule has 1 N–H and O–H groups in total. The molecule has 0 aliphatic heterocycles. The van der Waals surface area contributed by atoms with Crippen LogP contribution in [0.4, 0.5) is 0 Å². The molecule has 0 unspecified atom stereocenters. The van der Waals surface area contributed by atoms with Gasteiger partial charge in [0.05, 0.1) is 17.4 Å². The summed E-state index contributed by atoms with van der Waals surface area (Å²) in [5, 5.41) is 11.8. The molecule has 1 heterocycles. The molecule has 0 aromatic carbocycles. The zero-order chi connectivity index (χ0) is 14.0. The van der Waals surface area contributed by atoms with Crippen LogP contribution in [0.1, 0.15) is 40.3 Å². The van der Waals surface area contributed by atoms with Crippen LogP contribution in [0.15, 0.2) is 6.20 Å². The van der Waals surface area contributed by atoms with Crippen LogP contribution in [0.3, 0.4) is 0 Å². The van der Waals surface area contributed by atoms with Crippen LogP contribution < -0.4 is 5.32 Å². The molecule has 0 fully saturated rings. The van der Waals surface area contributed by atoms with Crippen LogP contribution in [0.5, 0.6) is 0 Å². The minimum absolute atomic E-state index is 0.00580. The molecule has 0 atom stereocenters. The quantitative estimate of drug-likeness (QED) is 0.863. The molecule has 0 aliphatic rings. The second-order valence-corrected chi connectivity index (χ2v) is 6.64. The highest BCUT2D eigenvalue weighted by Crippen LogP contribution is 2.12. The Balaban J connectivity index is 2.48. The molecular weight excluding hydrogens is 226 g/mol. The van der Waals surface area contributed by atoms with E-state index in [0.29, 0.717) is 0 Å². The van der Waals surface area contributed by atoms with Crippen molar-refractivity contribution in [3.05, 3.63) is 11.9 Å². The van der Waals surface area contributed by atoms with E-state index in [1.165, 1.54) is 0 Å². The lowest BCUT2D eigenvalue weighted by Crippen LogP contribution is -2.46. The number of rotatable bonds is 5. The zero-order valence-corrected chi connectivity index (χ0v) is 12.8. The Hall–Kier alpha value is -0.940. The van der Waals surface area contributed by atoms with E-state index in [1.54, 1.807) is 0 Å². The molecule has 1 rings (SSSR count). The van der Waals surface area contributed by atoms with Crippen molar-refractivity contribution in [2.24, 2.45) is 0 Å². The smallest absolute Gasteiger partial charge is 0.0965 e. The maximum Gasteiger partial charge on any atom is 0.0965 e. The lowest BCUT2D eigenvalue weighted by molar-refractivity contribution is 0.189. The molecule has 5 nitrogen and oxygen atoms in total. The van der Waals surface area contributed by atoms with Crippen molar-refractivity contribution >= 4 is 0 Å². The maximum absolute atomic E-state index is 4.18. The van der Waals surface area contributed by atoms with Crippen molar-refractivity contribution < 1.29 is 0 Å². The van der Waals surface area contributed by atoms with Crippen LogP contribution in [-0.4, -0.2) is 46.1 Å². The van der Waals surface area contributed by atoms with Gasteiger partial charge in [0.15, 0.2) is 0 Å². The van der Waals surface area contributed by atoms with Crippen LogP contribution in [0.2, 0.25) is 0 Å². The van der Waals surface area contributed by atoms with E-state index < -0.39 is 0 Å². The molecule has 18 heavy (non-hydrogen) atoms. The van der Waals surface area contributed by atoms with E-state index in [9.17, 15) is 0 Å². The van der Waals surface area contributed by atoms with Crippen molar-refractivity contribution in [1.82, 2.24) is 25.2 Å². The first-order chi connectivity index (χ1) is 8.13. The highest BCUT2D eigenvalue weighted by atomic mass is 15.4. The summed E-state index contributed by atoms with van der Waals surface area (Å²) >= 11 is 0. The summed E-state index contributed by atoms with van der Waals surface area (Å²) in [5.74, 6) is 0. The minimum Gasteiger partial charge on any atom is -0.309 e. The average Bonchev–Trinajstić information content (AvgIpc) is 2.65. The van der Waals surface area contributed by atoms with Gasteiger partial charge in [0.2, 0.25) is 0 Å². The van der Waals surface area contributed by atoms with Gasteiger partial charge in [-0.1, -0.05) is 5.21 Å². The monoisotopic (exact) mass is 253 g/mol. The van der Waals surface area contributed by atoms with Crippen molar-refractivity contribution in [3.8, 4) is 0 Å². The van der Waals surface area contributed by atoms with E-state index in [2.05, 4.69) is 69.2 Å². The average molecular weight is 253 g/mol. The Morgan fingerprint density at radius 3 is 2.28 bits per heavy atom. The summed E-state index contributed by atoms with van der Waals surface area (Å²) in [6, 6.07) is 0. The molecule has 1 aromatic rings. The third kappa shape index (κ3) is 4.07. The molecular formula is C13H27N5. The topological polar surface area (TPSA) is 46.0 Å². The SMILES string of the molecule is CN(C)C(C)(C)CNCc1cn(C(C)(C)C)nn1. The molecule has 1 aromatic heterocycles. The fraction of sp³-hybridized carbons (Fsp3) is 0.846. The molecule has 0 radical (unpaired) electrons. The van der Waals surface area contributed by atoms with Gasteiger partial charge in [0.1, 0.15) is 0 Å². The zero-order valence-electron chi connectivity index (χ0n) is 12.8. The number of likely N-dealkylation sites (N-methyl/N-ethyl adjacent to an activating group) is 1. The van der Waals surface area contributed by atoms with E-state index in [-0.39, 0.29) is 11.1 Å². The highest BCUT2D eigenvalue weighted by Gasteiger charge is 2.20. The third-order valence-electron chi connectivity index (χ3n) is 3.30. The van der Waals surface area contributed by atoms with Crippen LogP contribution >= 0.6 is 0 Å². The Morgan fingerprint density at radius 2 is 1.83 bits per heavy atom. The van der Waals surface area contributed by atoms with Gasteiger partial charge in [-0.3, -0.25) is 0 Å². The number of nitrogens with one attached hydrogen (secondary N) is 1. The highest BCUT2D eigenvalue weighted by molar-refractivity contribution is 4.94. The van der Waals surface area contributed by atoms with Gasteiger partial charge in [-0.05, 0) is 48.7 Å². The van der Waals surface area contributed by atoms with Crippen LogP contribution in [0, 0.1) is 0 Å². The number of nitrogens with zero attached hydrogens (tertiary/aromatic N) is 4. The number of aromatic nitrogens is 3. The second-order valence-electron chi connectivity index (χ2n) is 6.64. The summed E-state index contributed by atoms with van der Waals surface area (Å²) in [6.07, 6.45) is 2.01. The second kappa shape index (κ2) is 5.36. The normalized spacial score (nSPS) is 13.3. The fourth-order valence-corrected chi connectivity index (χ4v) is 1.36. The third-order valence-corrected chi connectivity index (χ3v) is 3.30. The van der Waals surface area contributed by atoms with Crippen LogP contribution in [-0.2, 0) is 12.1 Å². The van der Waals surface area contributed by atoms with E-state index >= 15 is 0 Å². The maximum atomic E-state index is 4.18. The first-order valence-corrected chi connectivity index (χ1v) is 6.43. The van der Waals surface area contributed by atoms with Gasteiger partial charge in [0, 0.05) is 18.6 Å². The van der Waals surface area contributed by atoms with Crippen molar-refractivity contribution in [2.75, 3.05) is 20.6 Å². The molecule has 0 bridgehead atoms. The van der Waals surface area contributed by atoms with Gasteiger partial charge in [-0.25, -0.2) is 4.68 Å². The fourth-order valence-electron chi connectivity index (χ4n) is 1.36. The predicted octanol–water partition coefficient (Wildman–Crippen LogP) is 1.46. The lowest BCUT2D eigenvalue weighted by Gasteiger charge is -2.32. The summed E-state index contributed by atoms with van der Waals surface area (Å²) in [5.41, 5.74) is 1.12. The Morgan fingerprint density at radius 1 is 1.22 bits per heavy atom. The van der Waals surface area contributed by atoms with Gasteiger partial charge < -0.3 is 10.2 Å². The molecule has 5 heteroatoms. The molecule has 0 saturated heterocycles. The van der Waals surface area contributed by atoms with Crippen molar-refractivity contribution in [2.45, 2.75) is 52.2 Å². The van der Waals surface area contributed by atoms with E-state index in [4.69, 9.17) is 0 Å². The number of hydrogen-bond donors (Lipinski definition) is 1. The summed E-state index contributed by atoms with van der Waals surface area (Å²) in [7, 11) is 4.19. The lowest BCUT2D eigenvalue weighted by atomic mass is 10.0. The molecule has 0 aliphatic carbocycles. The van der Waals surface area contributed by atoms with Gasteiger partial charge in [0.25, 0.3) is 0 Å². The van der Waals surface area contributed by atoms with Crippen molar-refractivity contribution in [3.63, 3.8) is 0 Å². The Labute approximate surface area is 111 Å². The molecule has 0 spiro atoms. The summed E-state index contributed by atoms with van der Waals surface area (Å²) in [4.78, 5) is 2.21. The van der Waals surface area contributed by atoms with Gasteiger partial charge in [-0.2, -0.15) is 0 Å². The summed E-state index contributed by atoms with van der Waals surface area (Å²) < 4.78 is 1.90. The summed E-state index contributed by atoms with van der Waals surface area (Å²) in [6.45, 7) is 12.5. The van der Waals surface area contributed by atoms with Gasteiger partial charge >= 0.3 is 0 Å². The van der Waals surface area contributed by atoms with Gasteiger partial charge in [-0.15, -0.1) is 5.10 Å². The molecule has 0 amide bonds. The predicted molar refractivity (Wildman–Crippen MR) is 74.5 cm³/mol. The first kappa shape index (κ1) is 15.1. The van der Waals surface area contributed by atoms with E-state index in [0.717, 1.165) is 18.8 Å². The Bertz CT molecular complexity index is 373. The largest absolute Gasteiger partial charge is 0.309 e. The molecule has 0 saturated carbocycles. The first-order valence-electron chi connectivity index (χ1n) is 6.43. The van der Waals surface area contributed by atoms with Crippen molar-refractivity contribution in [1.29, 1.82) is 0 Å². The van der Waals surface area contributed by atoms with E-state index in [1.807, 2.05) is 10.9 Å². The Kier molecular flexibility index (Phi) is 4.50. The number of hydrogen-bond acceptors (Lipinski definition) is 4.